The highest BCUT2D eigenvalue weighted by atomic mass is 15.2. The van der Waals surface area contributed by atoms with E-state index < -0.39 is 0 Å². The molecule has 0 amide bonds. The molecule has 1 saturated heterocycles. The molecule has 0 saturated carbocycles. The molecule has 1 nitrogen and oxygen atoms in total. The third-order valence-corrected chi connectivity index (χ3v) is 6.40. The van der Waals surface area contributed by atoms with Crippen LogP contribution in [0.1, 0.15) is 48.3 Å². The minimum Gasteiger partial charge on any atom is -0.362 e. The lowest BCUT2D eigenvalue weighted by Crippen LogP contribution is -2.53. The van der Waals surface area contributed by atoms with Crippen molar-refractivity contribution in [2.24, 2.45) is 0 Å². The van der Waals surface area contributed by atoms with Gasteiger partial charge in [-0.2, -0.15) is 0 Å². The van der Waals surface area contributed by atoms with E-state index in [0.717, 1.165) is 13.0 Å². The quantitative estimate of drug-likeness (QED) is 0.544. The first-order valence-corrected chi connectivity index (χ1v) is 9.85. The zero-order chi connectivity index (χ0) is 17.4. The fourth-order valence-corrected chi connectivity index (χ4v) is 5.22. The summed E-state index contributed by atoms with van der Waals surface area (Å²) in [6, 6.07) is 31.4. The van der Waals surface area contributed by atoms with Crippen molar-refractivity contribution in [1.82, 2.24) is 0 Å². The summed E-state index contributed by atoms with van der Waals surface area (Å²) in [6.07, 6.45) is 5.01. The van der Waals surface area contributed by atoms with Crippen molar-refractivity contribution in [3.63, 3.8) is 0 Å². The first-order chi connectivity index (χ1) is 12.9. The molecule has 0 aromatic heterocycles. The predicted molar refractivity (Wildman–Crippen MR) is 109 cm³/mol. The summed E-state index contributed by atoms with van der Waals surface area (Å²) >= 11 is 0. The molecule has 1 heteroatoms. The van der Waals surface area contributed by atoms with Crippen LogP contribution in [0.3, 0.4) is 0 Å². The van der Waals surface area contributed by atoms with E-state index in [1.165, 1.54) is 41.6 Å². The van der Waals surface area contributed by atoms with Gasteiger partial charge in [-0.25, -0.2) is 0 Å². The Kier molecular flexibility index (Phi) is 3.81. The molecule has 0 unspecified atom stereocenters. The average molecular weight is 339 g/mol. The maximum absolute atomic E-state index is 2.72. The minimum absolute atomic E-state index is 0.119. The molecule has 2 aliphatic heterocycles. The second kappa shape index (κ2) is 6.32. The molecule has 2 aliphatic rings. The normalized spacial score (nSPS) is 24.6. The molecule has 3 aromatic carbocycles. The van der Waals surface area contributed by atoms with Crippen LogP contribution < -0.4 is 4.90 Å². The van der Waals surface area contributed by atoms with Crippen molar-refractivity contribution in [3.8, 4) is 0 Å². The Hall–Kier alpha value is -2.54. The lowest BCUT2D eigenvalue weighted by atomic mass is 9.68. The van der Waals surface area contributed by atoms with E-state index in [4.69, 9.17) is 0 Å². The Bertz CT molecular complexity index is 886. The molecule has 2 atom stereocenters. The zero-order valence-corrected chi connectivity index (χ0v) is 15.1. The smallest absolute Gasteiger partial charge is 0.0662 e. The zero-order valence-electron chi connectivity index (χ0n) is 15.1. The molecule has 3 aromatic rings. The van der Waals surface area contributed by atoms with E-state index in [2.05, 4.69) is 89.8 Å². The molecular formula is C25H25N. The average Bonchev–Trinajstić information content (AvgIpc) is 2.74. The van der Waals surface area contributed by atoms with Crippen molar-refractivity contribution < 1.29 is 0 Å². The van der Waals surface area contributed by atoms with E-state index >= 15 is 0 Å². The largest absolute Gasteiger partial charge is 0.362 e. The fourth-order valence-electron chi connectivity index (χ4n) is 5.22. The summed E-state index contributed by atoms with van der Waals surface area (Å²) in [7, 11) is 0. The second-order valence-electron chi connectivity index (χ2n) is 7.73. The Balaban J connectivity index is 1.72. The number of hydrogen-bond acceptors (Lipinski definition) is 1. The second-order valence-corrected chi connectivity index (χ2v) is 7.73. The Morgan fingerprint density at radius 3 is 2.23 bits per heavy atom. The van der Waals surface area contributed by atoms with Crippen molar-refractivity contribution in [2.45, 2.75) is 37.1 Å². The summed E-state index contributed by atoms with van der Waals surface area (Å²) < 4.78 is 0. The molecule has 0 bridgehead atoms. The van der Waals surface area contributed by atoms with Gasteiger partial charge in [0.15, 0.2) is 0 Å². The molecule has 0 aliphatic carbocycles. The number of para-hydroxylation sites is 1. The number of anilines is 1. The number of nitrogens with zero attached hydrogens (tertiary/aromatic N) is 1. The predicted octanol–water partition coefficient (Wildman–Crippen LogP) is 6.11. The van der Waals surface area contributed by atoms with Crippen LogP contribution in [0.2, 0.25) is 0 Å². The molecule has 26 heavy (non-hydrogen) atoms. The van der Waals surface area contributed by atoms with Crippen LogP contribution in [-0.2, 0) is 5.54 Å². The van der Waals surface area contributed by atoms with Crippen LogP contribution in [0.4, 0.5) is 5.69 Å². The number of hydrogen-bond donors (Lipinski definition) is 0. The summed E-state index contributed by atoms with van der Waals surface area (Å²) in [5, 5.41) is 0. The summed E-state index contributed by atoms with van der Waals surface area (Å²) in [5.41, 5.74) is 5.98. The molecule has 0 spiro atoms. The van der Waals surface area contributed by atoms with Crippen LogP contribution in [0.15, 0.2) is 84.9 Å². The van der Waals surface area contributed by atoms with Crippen molar-refractivity contribution in [2.75, 3.05) is 11.4 Å². The Morgan fingerprint density at radius 1 is 0.731 bits per heavy atom. The van der Waals surface area contributed by atoms with E-state index in [9.17, 15) is 0 Å². The highest BCUT2D eigenvalue weighted by molar-refractivity contribution is 5.63. The van der Waals surface area contributed by atoms with Crippen molar-refractivity contribution >= 4 is 5.69 Å². The first kappa shape index (κ1) is 15.7. The SMILES string of the molecule is c1ccc([C@H]2C[C@]3(c4ccccc4)CCCCN3c3ccccc32)cc1. The van der Waals surface area contributed by atoms with Gasteiger partial charge in [0.2, 0.25) is 0 Å². The molecule has 5 rings (SSSR count). The van der Waals surface area contributed by atoms with E-state index in [1.54, 1.807) is 0 Å². The minimum atomic E-state index is 0.119. The molecular weight excluding hydrogens is 314 g/mol. The topological polar surface area (TPSA) is 3.24 Å². The molecule has 2 heterocycles. The fraction of sp³-hybridized carbons (Fsp3) is 0.280. The lowest BCUT2D eigenvalue weighted by Gasteiger charge is -2.55. The van der Waals surface area contributed by atoms with Crippen LogP contribution >= 0.6 is 0 Å². The van der Waals surface area contributed by atoms with Gasteiger partial charge in [0.25, 0.3) is 0 Å². The highest BCUT2D eigenvalue weighted by Gasteiger charge is 2.46. The summed E-state index contributed by atoms with van der Waals surface area (Å²) in [4.78, 5) is 2.72. The Labute approximate surface area is 156 Å². The number of fused-ring (bicyclic) bond motifs is 3. The van der Waals surface area contributed by atoms with Crippen LogP contribution in [0.25, 0.3) is 0 Å². The van der Waals surface area contributed by atoms with Gasteiger partial charge < -0.3 is 4.90 Å². The van der Waals surface area contributed by atoms with Crippen molar-refractivity contribution in [1.29, 1.82) is 0 Å². The lowest BCUT2D eigenvalue weighted by molar-refractivity contribution is 0.269. The third kappa shape index (κ3) is 2.38. The number of piperidine rings is 1. The van der Waals surface area contributed by atoms with Gasteiger partial charge in [-0.05, 0) is 48.4 Å². The molecule has 130 valence electrons. The third-order valence-electron chi connectivity index (χ3n) is 6.40. The van der Waals surface area contributed by atoms with Crippen LogP contribution in [0, 0.1) is 0 Å². The van der Waals surface area contributed by atoms with Gasteiger partial charge in [-0.15, -0.1) is 0 Å². The van der Waals surface area contributed by atoms with E-state index in [1.807, 2.05) is 0 Å². The van der Waals surface area contributed by atoms with Crippen LogP contribution in [0.5, 0.6) is 0 Å². The van der Waals surface area contributed by atoms with Gasteiger partial charge in [-0.3, -0.25) is 0 Å². The van der Waals surface area contributed by atoms with Gasteiger partial charge in [0, 0.05) is 18.2 Å². The maximum atomic E-state index is 2.72. The van der Waals surface area contributed by atoms with Gasteiger partial charge in [0.05, 0.1) is 5.54 Å². The number of benzene rings is 3. The first-order valence-electron chi connectivity index (χ1n) is 9.85. The summed E-state index contributed by atoms with van der Waals surface area (Å²) in [5.74, 6) is 0.460. The standard InChI is InChI=1S/C25H25N/c1-3-11-20(12-4-1)23-19-25(21-13-5-2-6-14-21)17-9-10-18-26(25)24-16-8-7-15-22(23)24/h1-8,11-16,23H,9-10,17-19H2/t23-,25+/m1/s1. The number of rotatable bonds is 2. The molecule has 0 radical (unpaired) electrons. The van der Waals surface area contributed by atoms with Crippen LogP contribution in [-0.4, -0.2) is 6.54 Å². The maximum Gasteiger partial charge on any atom is 0.0662 e. The monoisotopic (exact) mass is 339 g/mol. The van der Waals surface area contributed by atoms with E-state index in [0.29, 0.717) is 5.92 Å². The van der Waals surface area contributed by atoms with Gasteiger partial charge >= 0.3 is 0 Å². The van der Waals surface area contributed by atoms with Gasteiger partial charge in [0.1, 0.15) is 0 Å². The summed E-state index contributed by atoms with van der Waals surface area (Å²) in [6.45, 7) is 1.16. The molecule has 0 N–H and O–H groups in total. The van der Waals surface area contributed by atoms with Gasteiger partial charge in [-0.1, -0.05) is 78.9 Å². The molecule has 1 fully saturated rings. The Morgan fingerprint density at radius 2 is 1.42 bits per heavy atom. The van der Waals surface area contributed by atoms with E-state index in [-0.39, 0.29) is 5.54 Å². The highest BCUT2D eigenvalue weighted by Crippen LogP contribution is 2.54. The van der Waals surface area contributed by atoms with Crippen molar-refractivity contribution in [3.05, 3.63) is 102 Å².